The van der Waals surface area contributed by atoms with Gasteiger partial charge in [-0.2, -0.15) is 0 Å². The van der Waals surface area contributed by atoms with E-state index >= 15 is 0 Å². The lowest BCUT2D eigenvalue weighted by Gasteiger charge is -2.19. The lowest BCUT2D eigenvalue weighted by molar-refractivity contribution is -0.145. The number of hydrogen-bond acceptors (Lipinski definition) is 4. The Labute approximate surface area is 99.2 Å². The van der Waals surface area contributed by atoms with Gasteiger partial charge in [-0.15, -0.1) is 0 Å². The number of phenols is 1. The van der Waals surface area contributed by atoms with Crippen LogP contribution in [0.4, 0.5) is 4.39 Å². The number of alkyl halides is 1. The van der Waals surface area contributed by atoms with Crippen molar-refractivity contribution in [3.8, 4) is 5.75 Å². The molecule has 0 aliphatic rings. The predicted octanol–water partition coefficient (Wildman–Crippen LogP) is 1.34. The number of halogens is 1. The van der Waals surface area contributed by atoms with Crippen molar-refractivity contribution in [2.75, 3.05) is 13.3 Å². The molecule has 0 aliphatic heterocycles. The van der Waals surface area contributed by atoms with Crippen LogP contribution in [0.15, 0.2) is 24.3 Å². The Morgan fingerprint density at radius 2 is 2.06 bits per heavy atom. The zero-order chi connectivity index (χ0) is 12.8. The number of rotatable bonds is 5. The molecule has 0 aliphatic carbocycles. The zero-order valence-electron chi connectivity index (χ0n) is 9.60. The fourth-order valence-electron chi connectivity index (χ4n) is 1.52. The first-order valence-electron chi connectivity index (χ1n) is 5.37. The molecule has 5 heteroatoms. The van der Waals surface area contributed by atoms with Gasteiger partial charge in [0.1, 0.15) is 11.8 Å². The Morgan fingerprint density at radius 3 is 2.53 bits per heavy atom. The maximum atomic E-state index is 12.9. The van der Waals surface area contributed by atoms with Gasteiger partial charge in [-0.25, -0.2) is 0 Å². The van der Waals surface area contributed by atoms with Gasteiger partial charge >= 0.3 is 5.97 Å². The van der Waals surface area contributed by atoms with Crippen molar-refractivity contribution in [2.45, 2.75) is 18.9 Å². The molecule has 1 rings (SSSR count). The average molecular weight is 241 g/mol. The maximum absolute atomic E-state index is 12.9. The first-order chi connectivity index (χ1) is 8.10. The summed E-state index contributed by atoms with van der Waals surface area (Å²) in [4.78, 5) is 11.4. The number of esters is 1. The van der Waals surface area contributed by atoms with E-state index in [4.69, 9.17) is 15.6 Å². The second-order valence-corrected chi connectivity index (χ2v) is 3.63. The third-order valence-electron chi connectivity index (χ3n) is 2.48. The van der Waals surface area contributed by atoms with E-state index in [1.807, 2.05) is 0 Å². The fraction of sp³-hybridized carbons (Fsp3) is 0.417. The summed E-state index contributed by atoms with van der Waals surface area (Å²) in [7, 11) is 0. The number of benzene rings is 1. The summed E-state index contributed by atoms with van der Waals surface area (Å²) in [5, 5.41) is 9.13. The third-order valence-corrected chi connectivity index (χ3v) is 2.48. The fourth-order valence-corrected chi connectivity index (χ4v) is 1.52. The van der Waals surface area contributed by atoms with E-state index in [9.17, 15) is 9.18 Å². The summed E-state index contributed by atoms with van der Waals surface area (Å²) in [5.74, 6) is -1.30. The summed E-state index contributed by atoms with van der Waals surface area (Å²) in [6.45, 7) is 1.11. The van der Waals surface area contributed by atoms with Crippen LogP contribution in [-0.4, -0.2) is 30.4 Å². The van der Waals surface area contributed by atoms with Gasteiger partial charge in [0.2, 0.25) is 0 Å². The lowest BCUT2D eigenvalue weighted by Crippen LogP contribution is -2.39. The molecule has 94 valence electrons. The lowest BCUT2D eigenvalue weighted by atomic mass is 9.93. The van der Waals surface area contributed by atoms with Gasteiger partial charge in [-0.3, -0.25) is 9.18 Å². The molecule has 2 atom stereocenters. The molecular weight excluding hydrogens is 225 g/mol. The van der Waals surface area contributed by atoms with Crippen molar-refractivity contribution in [1.82, 2.24) is 0 Å². The summed E-state index contributed by atoms with van der Waals surface area (Å²) < 4.78 is 17.7. The summed E-state index contributed by atoms with van der Waals surface area (Å²) in [5.41, 5.74) is 6.21. The Morgan fingerprint density at radius 1 is 1.47 bits per heavy atom. The number of carbonyl (C=O) groups is 1. The van der Waals surface area contributed by atoms with Gasteiger partial charge in [-0.1, -0.05) is 12.1 Å². The van der Waals surface area contributed by atoms with E-state index in [-0.39, 0.29) is 12.4 Å². The van der Waals surface area contributed by atoms with E-state index < -0.39 is 24.6 Å². The van der Waals surface area contributed by atoms with Crippen molar-refractivity contribution in [1.29, 1.82) is 0 Å². The highest BCUT2D eigenvalue weighted by atomic mass is 19.1. The van der Waals surface area contributed by atoms with Crippen LogP contribution in [0.25, 0.3) is 0 Å². The normalized spacial score (nSPS) is 14.1. The number of nitrogens with two attached hydrogens (primary N) is 1. The van der Waals surface area contributed by atoms with E-state index in [0.717, 1.165) is 0 Å². The highest BCUT2D eigenvalue weighted by Crippen LogP contribution is 2.22. The number of phenolic OH excluding ortho intramolecular Hbond substituents is 1. The Hall–Kier alpha value is -1.62. The topological polar surface area (TPSA) is 72.5 Å². The average Bonchev–Trinajstić information content (AvgIpc) is 2.32. The molecule has 0 saturated carbocycles. The van der Waals surface area contributed by atoms with Gasteiger partial charge in [0, 0.05) is 5.92 Å². The minimum atomic E-state index is -1.04. The van der Waals surface area contributed by atoms with Crippen LogP contribution in [0.5, 0.6) is 5.75 Å². The highest BCUT2D eigenvalue weighted by molar-refractivity contribution is 5.77. The second kappa shape index (κ2) is 6.20. The van der Waals surface area contributed by atoms with E-state index in [1.54, 1.807) is 19.1 Å². The minimum absolute atomic E-state index is 0.0797. The van der Waals surface area contributed by atoms with Crippen LogP contribution < -0.4 is 5.73 Å². The standard InChI is InChI=1S/C12H16FNO3/c1-2-17-12(16)11(14)10(7-13)8-3-5-9(15)6-4-8/h3-6,10-11,15H,2,7,14H2,1H3. The van der Waals surface area contributed by atoms with Gasteiger partial charge in [-0.05, 0) is 24.6 Å². The second-order valence-electron chi connectivity index (χ2n) is 3.63. The van der Waals surface area contributed by atoms with Crippen LogP contribution >= 0.6 is 0 Å². The minimum Gasteiger partial charge on any atom is -0.508 e. The molecule has 1 aromatic carbocycles. The highest BCUT2D eigenvalue weighted by Gasteiger charge is 2.27. The molecule has 2 unspecified atom stereocenters. The molecule has 0 aromatic heterocycles. The quantitative estimate of drug-likeness (QED) is 0.763. The SMILES string of the molecule is CCOC(=O)C(N)C(CF)c1ccc(O)cc1. The molecule has 0 bridgehead atoms. The largest absolute Gasteiger partial charge is 0.508 e. The van der Waals surface area contributed by atoms with Crippen LogP contribution in [-0.2, 0) is 9.53 Å². The van der Waals surface area contributed by atoms with Crippen molar-refractivity contribution < 1.29 is 19.0 Å². The number of hydrogen-bond donors (Lipinski definition) is 2. The Bertz CT molecular complexity index is 367. The number of aromatic hydroxyl groups is 1. The van der Waals surface area contributed by atoms with Gasteiger partial charge in [0.15, 0.2) is 0 Å². The molecule has 0 saturated heterocycles. The van der Waals surface area contributed by atoms with Crippen molar-refractivity contribution >= 4 is 5.97 Å². The molecule has 4 nitrogen and oxygen atoms in total. The first kappa shape index (κ1) is 13.4. The zero-order valence-corrected chi connectivity index (χ0v) is 9.60. The predicted molar refractivity (Wildman–Crippen MR) is 61.4 cm³/mol. The first-order valence-corrected chi connectivity index (χ1v) is 5.37. The van der Waals surface area contributed by atoms with E-state index in [0.29, 0.717) is 5.56 Å². The van der Waals surface area contributed by atoms with E-state index in [1.165, 1.54) is 12.1 Å². The van der Waals surface area contributed by atoms with Crippen molar-refractivity contribution in [3.63, 3.8) is 0 Å². The number of carbonyl (C=O) groups excluding carboxylic acids is 1. The van der Waals surface area contributed by atoms with E-state index in [2.05, 4.69) is 0 Å². The summed E-state index contributed by atoms with van der Waals surface area (Å²) in [6, 6.07) is 4.90. The molecule has 0 amide bonds. The smallest absolute Gasteiger partial charge is 0.323 e. The number of ether oxygens (including phenoxy) is 1. The molecule has 0 radical (unpaired) electrons. The molecule has 1 aromatic rings. The van der Waals surface area contributed by atoms with Gasteiger partial charge < -0.3 is 15.6 Å². The molecule has 0 spiro atoms. The maximum Gasteiger partial charge on any atom is 0.323 e. The van der Waals surface area contributed by atoms with Crippen LogP contribution in [0.2, 0.25) is 0 Å². The Kier molecular flexibility index (Phi) is 4.90. The van der Waals surface area contributed by atoms with Gasteiger partial charge in [0.25, 0.3) is 0 Å². The van der Waals surface area contributed by atoms with Crippen molar-refractivity contribution in [3.05, 3.63) is 29.8 Å². The van der Waals surface area contributed by atoms with Crippen LogP contribution in [0.3, 0.4) is 0 Å². The molecule has 17 heavy (non-hydrogen) atoms. The summed E-state index contributed by atoms with van der Waals surface area (Å²) >= 11 is 0. The third kappa shape index (κ3) is 3.42. The van der Waals surface area contributed by atoms with Gasteiger partial charge in [0.05, 0.1) is 13.3 Å². The van der Waals surface area contributed by atoms with Crippen LogP contribution in [0, 0.1) is 0 Å². The monoisotopic (exact) mass is 241 g/mol. The molecule has 0 fully saturated rings. The van der Waals surface area contributed by atoms with Crippen molar-refractivity contribution in [2.24, 2.45) is 5.73 Å². The molecular formula is C12H16FNO3. The van der Waals surface area contributed by atoms with Crippen LogP contribution in [0.1, 0.15) is 18.4 Å². The molecule has 0 heterocycles. The Balaban J connectivity index is 2.83. The molecule has 3 N–H and O–H groups in total. The summed E-state index contributed by atoms with van der Waals surface area (Å²) in [6.07, 6.45) is 0.